The fourth-order valence-electron chi connectivity index (χ4n) is 5.40. The van der Waals surface area contributed by atoms with E-state index in [4.69, 9.17) is 9.72 Å². The number of Topliss-reactive ketones (excluding diaryl/α,β-unsaturated/α-hetero) is 1. The van der Waals surface area contributed by atoms with Gasteiger partial charge in [-0.15, -0.1) is 0 Å². The van der Waals surface area contributed by atoms with Crippen LogP contribution in [0.25, 0.3) is 22.4 Å². The van der Waals surface area contributed by atoms with Gasteiger partial charge >= 0.3 is 5.97 Å². The number of ketones is 1. The van der Waals surface area contributed by atoms with Gasteiger partial charge in [0.1, 0.15) is 11.1 Å². The molecule has 4 aromatic carbocycles. The maximum Gasteiger partial charge on any atom is 0.338 e. The molecule has 5 aromatic rings. The van der Waals surface area contributed by atoms with Crippen molar-refractivity contribution in [3.05, 3.63) is 137 Å². The fourth-order valence-corrected chi connectivity index (χ4v) is 6.47. The van der Waals surface area contributed by atoms with Gasteiger partial charge in [0.2, 0.25) is 11.8 Å². The van der Waals surface area contributed by atoms with Crippen LogP contribution in [0.2, 0.25) is 0 Å². The van der Waals surface area contributed by atoms with E-state index in [2.05, 4.69) is 6.07 Å². The lowest BCUT2D eigenvalue weighted by Gasteiger charge is -2.16. The van der Waals surface area contributed by atoms with Gasteiger partial charge in [0.25, 0.3) is 0 Å². The molecule has 0 bridgehead atoms. The molecule has 0 N–H and O–H groups in total. The molecular weight excluding hydrogens is 623 g/mol. The number of aromatic nitrogens is 1. The average molecular weight is 652 g/mol. The summed E-state index contributed by atoms with van der Waals surface area (Å²) in [7, 11) is 0. The number of rotatable bonds is 9. The van der Waals surface area contributed by atoms with Crippen LogP contribution >= 0.6 is 11.8 Å². The minimum atomic E-state index is -0.775. The summed E-state index contributed by atoms with van der Waals surface area (Å²) in [5.41, 5.74) is 6.75. The number of ether oxygens (including phenoxy) is 1. The number of nitriles is 1. The Labute approximate surface area is 282 Å². The molecule has 236 valence electrons. The number of aryl methyl sites for hydroxylation is 2. The number of amides is 2. The first-order valence-electron chi connectivity index (χ1n) is 15.2. The molecule has 1 fully saturated rings. The van der Waals surface area contributed by atoms with Crippen molar-refractivity contribution in [3.63, 3.8) is 0 Å². The SMILES string of the molecule is Cc1ccc(-c2nc(SC3CC(=O)N(c4ccc(C(=O)OCC(=O)c5ccc(-c6ccccc6)cc5)cc4)C3=O)c(C#N)cc2C)cc1. The highest BCUT2D eigenvalue weighted by atomic mass is 32.2. The summed E-state index contributed by atoms with van der Waals surface area (Å²) in [6, 6.07) is 34.5. The maximum atomic E-state index is 13.5. The highest BCUT2D eigenvalue weighted by molar-refractivity contribution is 8.00. The Balaban J connectivity index is 1.09. The summed E-state index contributed by atoms with van der Waals surface area (Å²) in [6.07, 6.45) is -0.0674. The number of hydrogen-bond acceptors (Lipinski definition) is 8. The Morgan fingerprint density at radius 1 is 0.854 bits per heavy atom. The lowest BCUT2D eigenvalue weighted by atomic mass is 10.0. The number of hydrogen-bond donors (Lipinski definition) is 0. The molecule has 6 rings (SSSR count). The van der Waals surface area contributed by atoms with E-state index in [-0.39, 0.29) is 17.8 Å². The normalized spacial score (nSPS) is 14.1. The van der Waals surface area contributed by atoms with Gasteiger partial charge in [-0.1, -0.05) is 96.2 Å². The van der Waals surface area contributed by atoms with E-state index in [9.17, 15) is 24.4 Å². The molecule has 2 heterocycles. The molecule has 1 aliphatic rings. The Morgan fingerprint density at radius 3 is 2.15 bits per heavy atom. The number of anilines is 1. The van der Waals surface area contributed by atoms with Crippen LogP contribution in [0.5, 0.6) is 0 Å². The molecule has 48 heavy (non-hydrogen) atoms. The first-order chi connectivity index (χ1) is 23.2. The zero-order chi connectivity index (χ0) is 33.8. The van der Waals surface area contributed by atoms with Gasteiger partial charge in [0.15, 0.2) is 12.4 Å². The zero-order valence-corrected chi connectivity index (χ0v) is 27.0. The van der Waals surface area contributed by atoms with E-state index in [1.807, 2.05) is 80.6 Å². The summed E-state index contributed by atoms with van der Waals surface area (Å²) in [5, 5.41) is 9.39. The molecule has 9 heteroatoms. The average Bonchev–Trinajstić information content (AvgIpc) is 3.40. The van der Waals surface area contributed by atoms with Gasteiger partial charge in [-0.25, -0.2) is 14.7 Å². The highest BCUT2D eigenvalue weighted by Crippen LogP contribution is 2.36. The van der Waals surface area contributed by atoms with Crippen LogP contribution < -0.4 is 4.90 Å². The fraction of sp³-hybridized carbons (Fsp3) is 0.128. The second-order valence-electron chi connectivity index (χ2n) is 11.4. The molecule has 2 amide bonds. The van der Waals surface area contributed by atoms with Crippen LogP contribution in [-0.2, 0) is 14.3 Å². The topological polar surface area (TPSA) is 117 Å². The van der Waals surface area contributed by atoms with Crippen molar-refractivity contribution < 1.29 is 23.9 Å². The molecule has 0 spiro atoms. The highest BCUT2D eigenvalue weighted by Gasteiger charge is 2.41. The molecule has 1 atom stereocenters. The lowest BCUT2D eigenvalue weighted by Crippen LogP contribution is -2.31. The number of carbonyl (C=O) groups is 4. The third-order valence-corrected chi connectivity index (χ3v) is 9.18. The predicted octanol–water partition coefficient (Wildman–Crippen LogP) is 7.37. The van der Waals surface area contributed by atoms with Crippen molar-refractivity contribution in [2.45, 2.75) is 30.5 Å². The predicted molar refractivity (Wildman–Crippen MR) is 184 cm³/mol. The number of nitrogens with zero attached hydrogens (tertiary/aromatic N) is 3. The first-order valence-corrected chi connectivity index (χ1v) is 16.1. The number of benzene rings is 4. The molecule has 0 saturated carbocycles. The Kier molecular flexibility index (Phi) is 9.28. The van der Waals surface area contributed by atoms with E-state index in [1.165, 1.54) is 24.3 Å². The van der Waals surface area contributed by atoms with Crippen LogP contribution in [0, 0.1) is 25.2 Å². The number of thioether (sulfide) groups is 1. The third kappa shape index (κ3) is 6.80. The molecule has 1 saturated heterocycles. The summed E-state index contributed by atoms with van der Waals surface area (Å²) in [6.45, 7) is 3.44. The number of pyridine rings is 1. The van der Waals surface area contributed by atoms with Crippen molar-refractivity contribution in [3.8, 4) is 28.5 Å². The van der Waals surface area contributed by atoms with E-state index in [0.29, 0.717) is 27.5 Å². The van der Waals surface area contributed by atoms with Crippen molar-refractivity contribution in [2.75, 3.05) is 11.5 Å². The first kappa shape index (κ1) is 32.1. The molecule has 1 aliphatic heterocycles. The van der Waals surface area contributed by atoms with Crippen molar-refractivity contribution >= 4 is 41.0 Å². The lowest BCUT2D eigenvalue weighted by molar-refractivity contribution is -0.121. The van der Waals surface area contributed by atoms with Crippen molar-refractivity contribution in [1.29, 1.82) is 5.26 Å². The van der Waals surface area contributed by atoms with Crippen LogP contribution in [0.3, 0.4) is 0 Å². The van der Waals surface area contributed by atoms with E-state index in [0.717, 1.165) is 44.5 Å². The maximum absolute atomic E-state index is 13.5. The quantitative estimate of drug-likeness (QED) is 0.0922. The zero-order valence-electron chi connectivity index (χ0n) is 26.2. The van der Waals surface area contributed by atoms with Gasteiger partial charge in [-0.05, 0) is 60.9 Å². The Bertz CT molecular complexity index is 2070. The van der Waals surface area contributed by atoms with Gasteiger partial charge in [0, 0.05) is 17.5 Å². The summed E-state index contributed by atoms with van der Waals surface area (Å²) >= 11 is 1.10. The Hall–Kier alpha value is -5.85. The monoisotopic (exact) mass is 651 g/mol. The molecular formula is C39H29N3O5S. The standard InChI is InChI=1S/C39H29N3O5S/c1-24-8-10-29(11-9-24)36-25(2)20-31(22-40)37(41-36)48-34-21-35(44)42(38(34)45)32-18-16-30(17-19-32)39(46)47-23-33(43)28-14-12-27(13-15-28)26-6-4-3-5-7-26/h3-20,34H,21,23H2,1-2H3. The number of imide groups is 1. The van der Waals surface area contributed by atoms with Gasteiger partial charge in [0.05, 0.1) is 27.8 Å². The van der Waals surface area contributed by atoms with Crippen LogP contribution in [0.15, 0.2) is 114 Å². The smallest absolute Gasteiger partial charge is 0.338 e. The molecule has 0 radical (unpaired) electrons. The largest absolute Gasteiger partial charge is 0.454 e. The van der Waals surface area contributed by atoms with Crippen LogP contribution in [0.4, 0.5) is 5.69 Å². The van der Waals surface area contributed by atoms with Crippen molar-refractivity contribution in [1.82, 2.24) is 4.98 Å². The Morgan fingerprint density at radius 2 is 1.48 bits per heavy atom. The summed E-state index contributed by atoms with van der Waals surface area (Å²) in [5.74, 6) is -1.89. The second kappa shape index (κ2) is 13.9. The number of esters is 1. The molecule has 0 aliphatic carbocycles. The second-order valence-corrected chi connectivity index (χ2v) is 12.5. The van der Waals surface area contributed by atoms with Crippen LogP contribution in [0.1, 0.15) is 43.8 Å². The summed E-state index contributed by atoms with van der Waals surface area (Å²) < 4.78 is 5.26. The van der Waals surface area contributed by atoms with E-state index in [1.54, 1.807) is 18.2 Å². The van der Waals surface area contributed by atoms with Gasteiger partial charge < -0.3 is 4.74 Å². The van der Waals surface area contributed by atoms with Gasteiger partial charge in [-0.2, -0.15) is 5.26 Å². The van der Waals surface area contributed by atoms with Gasteiger partial charge in [-0.3, -0.25) is 14.4 Å². The van der Waals surface area contributed by atoms with E-state index >= 15 is 0 Å². The minimum Gasteiger partial charge on any atom is -0.454 e. The summed E-state index contributed by atoms with van der Waals surface area (Å²) in [4.78, 5) is 57.7. The molecule has 8 nitrogen and oxygen atoms in total. The molecule has 1 aromatic heterocycles. The van der Waals surface area contributed by atoms with Crippen LogP contribution in [-0.4, -0.2) is 40.4 Å². The van der Waals surface area contributed by atoms with E-state index < -0.39 is 29.6 Å². The molecule has 1 unspecified atom stereocenters. The minimum absolute atomic E-state index is 0.0674. The van der Waals surface area contributed by atoms with Crippen molar-refractivity contribution in [2.24, 2.45) is 0 Å². The number of carbonyl (C=O) groups excluding carboxylic acids is 4. The third-order valence-electron chi connectivity index (χ3n) is 7.99.